The zero-order valence-corrected chi connectivity index (χ0v) is 33.2. The lowest BCUT2D eigenvalue weighted by Crippen LogP contribution is -2.22. The minimum absolute atomic E-state index is 0.120. The third-order valence-electron chi connectivity index (χ3n) is 10.4. The molecule has 4 aromatic carbocycles. The lowest BCUT2D eigenvalue weighted by Gasteiger charge is -2.38. The average Bonchev–Trinajstić information content (AvgIpc) is 3.33. The molecule has 14 nitrogen and oxygen atoms in total. The summed E-state index contributed by atoms with van der Waals surface area (Å²) in [7, 11) is 0. The molecule has 0 N–H and O–H groups in total. The number of ether oxygens (including phenoxy) is 6. The van der Waals surface area contributed by atoms with Gasteiger partial charge in [0.2, 0.25) is 0 Å². The van der Waals surface area contributed by atoms with E-state index >= 15 is 0 Å². The Morgan fingerprint density at radius 2 is 0.594 bits per heavy atom. The smallest absolute Gasteiger partial charge is 0.362 e. The maximum Gasteiger partial charge on any atom is 0.362 e. The summed E-state index contributed by atoms with van der Waals surface area (Å²) >= 11 is 0. The number of carbonyl (C=O) groups is 4. The Balaban J connectivity index is 1.08. The van der Waals surface area contributed by atoms with Crippen molar-refractivity contribution in [3.63, 3.8) is 0 Å². The van der Waals surface area contributed by atoms with E-state index in [1.807, 2.05) is 24.3 Å². The van der Waals surface area contributed by atoms with Gasteiger partial charge in [-0.25, -0.2) is 39.1 Å². The normalized spacial score (nSPS) is 12.4. The van der Waals surface area contributed by atoms with E-state index in [1.54, 1.807) is 121 Å². The van der Waals surface area contributed by atoms with Crippen LogP contribution in [0.3, 0.4) is 0 Å². The summed E-state index contributed by atoms with van der Waals surface area (Å²) in [5.74, 6) is -1.53. The van der Waals surface area contributed by atoms with Gasteiger partial charge in [0, 0.05) is 83.1 Å². The molecule has 0 unspecified atom stereocenters. The Bertz CT molecular complexity index is 2680. The molecule has 8 aromatic rings. The number of nitrogens with zero attached hydrogens (tertiary/aromatic N) is 4. The van der Waals surface area contributed by atoms with Gasteiger partial charge in [0.15, 0.2) is 0 Å². The molecule has 0 fully saturated rings. The van der Waals surface area contributed by atoms with E-state index < -0.39 is 35.7 Å². The zero-order chi connectivity index (χ0) is 43.6. The molecule has 2 aliphatic heterocycles. The standard InChI is InChI=1S/C50H30N4O10/c55-47(37-9-1-5-21-51-37)59-29-13-17-33-41(25-29)63-42-26-30(60-48(56)38-10-2-6-22-52-38)14-18-34(42)45(33)46-35-19-15-31(61-49(57)39-11-3-7-23-53-39)27-43(35)64-44-28-32(16-20-36(44)46)62-50(58)40-12-4-8-24-54-40/h1-28,45-46H. The first-order valence-electron chi connectivity index (χ1n) is 19.8. The molecule has 0 radical (unpaired) electrons. The summed E-state index contributed by atoms with van der Waals surface area (Å²) in [5, 5.41) is 0. The van der Waals surface area contributed by atoms with Crippen molar-refractivity contribution >= 4 is 23.9 Å². The number of esters is 4. The maximum absolute atomic E-state index is 13.1. The molecule has 14 heteroatoms. The van der Waals surface area contributed by atoms with E-state index in [2.05, 4.69) is 19.9 Å². The SMILES string of the molecule is O=C(Oc1ccc2c(c1)Oc1cc(OC(=O)c3ccccn3)ccc1C2C1c2ccc(OC(=O)c3ccccn3)cc2Oc2cc(OC(=O)c3ccccn3)ccc21)c1ccccn1. The van der Waals surface area contributed by atoms with Crippen molar-refractivity contribution in [3.8, 4) is 46.0 Å². The highest BCUT2D eigenvalue weighted by Gasteiger charge is 2.41. The summed E-state index contributed by atoms with van der Waals surface area (Å²) in [5.41, 5.74) is 3.33. The van der Waals surface area contributed by atoms with Crippen LogP contribution in [-0.4, -0.2) is 43.8 Å². The van der Waals surface area contributed by atoms with Crippen molar-refractivity contribution in [1.29, 1.82) is 0 Å². The summed E-state index contributed by atoms with van der Waals surface area (Å²) in [6.45, 7) is 0. The van der Waals surface area contributed by atoms with E-state index in [-0.39, 0.29) is 45.8 Å². The number of hydrogen-bond acceptors (Lipinski definition) is 14. The predicted molar refractivity (Wildman–Crippen MR) is 226 cm³/mol. The average molecular weight is 847 g/mol. The fraction of sp³-hybridized carbons (Fsp3) is 0.0400. The number of benzene rings is 4. The van der Waals surface area contributed by atoms with Gasteiger partial charge in [0.1, 0.15) is 68.8 Å². The fourth-order valence-electron chi connectivity index (χ4n) is 7.56. The number of pyridine rings is 4. The zero-order valence-electron chi connectivity index (χ0n) is 33.2. The number of aromatic nitrogens is 4. The molecule has 0 bridgehead atoms. The lowest BCUT2D eigenvalue weighted by molar-refractivity contribution is 0.0718. The molecule has 64 heavy (non-hydrogen) atoms. The predicted octanol–water partition coefficient (Wildman–Crippen LogP) is 9.32. The van der Waals surface area contributed by atoms with Crippen molar-refractivity contribution in [2.75, 3.05) is 0 Å². The van der Waals surface area contributed by atoms with Crippen LogP contribution in [0.4, 0.5) is 0 Å². The Labute approximate surface area is 363 Å². The first kappa shape index (κ1) is 39.1. The highest BCUT2D eigenvalue weighted by molar-refractivity contribution is 5.91. The van der Waals surface area contributed by atoms with Gasteiger partial charge in [-0.1, -0.05) is 48.5 Å². The highest BCUT2D eigenvalue weighted by Crippen LogP contribution is 2.58. The monoisotopic (exact) mass is 846 g/mol. The van der Waals surface area contributed by atoms with E-state index in [1.165, 1.54) is 24.8 Å². The van der Waals surface area contributed by atoms with E-state index in [4.69, 9.17) is 28.4 Å². The van der Waals surface area contributed by atoms with Gasteiger partial charge in [-0.05, 0) is 72.8 Å². The molecule has 0 atom stereocenters. The molecule has 2 aliphatic rings. The molecule has 0 aliphatic carbocycles. The molecule has 310 valence electrons. The molecule has 4 aromatic heterocycles. The van der Waals surface area contributed by atoms with Gasteiger partial charge < -0.3 is 28.4 Å². The van der Waals surface area contributed by atoms with Gasteiger partial charge in [-0.2, -0.15) is 0 Å². The van der Waals surface area contributed by atoms with Crippen LogP contribution in [0.1, 0.15) is 76.0 Å². The molecule has 0 saturated carbocycles. The van der Waals surface area contributed by atoms with Crippen LogP contribution in [0.15, 0.2) is 170 Å². The van der Waals surface area contributed by atoms with Crippen LogP contribution in [0.5, 0.6) is 46.0 Å². The Kier molecular flexibility index (Phi) is 10.3. The number of fused-ring (bicyclic) bond motifs is 4. The van der Waals surface area contributed by atoms with Crippen LogP contribution in [0.25, 0.3) is 0 Å². The third-order valence-corrected chi connectivity index (χ3v) is 10.4. The first-order valence-corrected chi connectivity index (χ1v) is 19.8. The minimum Gasteiger partial charge on any atom is -0.456 e. The molecule has 0 saturated heterocycles. The summed E-state index contributed by atoms with van der Waals surface area (Å²) in [4.78, 5) is 68.9. The molecule has 0 amide bonds. The van der Waals surface area contributed by atoms with E-state index in [0.29, 0.717) is 45.3 Å². The Morgan fingerprint density at radius 3 is 0.812 bits per heavy atom. The van der Waals surface area contributed by atoms with Crippen LogP contribution in [-0.2, 0) is 0 Å². The van der Waals surface area contributed by atoms with E-state index in [0.717, 1.165) is 0 Å². The van der Waals surface area contributed by atoms with Gasteiger partial charge in [-0.15, -0.1) is 0 Å². The molecule has 6 heterocycles. The summed E-state index contributed by atoms with van der Waals surface area (Å²) in [6.07, 6.45) is 5.99. The number of hydrogen-bond donors (Lipinski definition) is 0. The van der Waals surface area contributed by atoms with Gasteiger partial charge in [-0.3, -0.25) is 0 Å². The molecule has 0 spiro atoms. The van der Waals surface area contributed by atoms with Crippen molar-refractivity contribution in [2.24, 2.45) is 0 Å². The highest BCUT2D eigenvalue weighted by atomic mass is 16.6. The second kappa shape index (κ2) is 16.8. The fourth-order valence-corrected chi connectivity index (χ4v) is 7.56. The minimum atomic E-state index is -0.664. The summed E-state index contributed by atoms with van der Waals surface area (Å²) in [6, 6.07) is 40.1. The van der Waals surface area contributed by atoms with Crippen LogP contribution in [0.2, 0.25) is 0 Å². The third kappa shape index (κ3) is 7.85. The van der Waals surface area contributed by atoms with Gasteiger partial charge in [0.25, 0.3) is 0 Å². The van der Waals surface area contributed by atoms with Gasteiger partial charge in [0.05, 0.1) is 0 Å². The first-order chi connectivity index (χ1) is 31.3. The largest absolute Gasteiger partial charge is 0.456 e. The second-order valence-corrected chi connectivity index (χ2v) is 14.4. The van der Waals surface area contributed by atoms with E-state index in [9.17, 15) is 19.2 Å². The van der Waals surface area contributed by atoms with Crippen LogP contribution in [0, 0.1) is 0 Å². The van der Waals surface area contributed by atoms with Crippen molar-refractivity contribution < 1.29 is 47.6 Å². The van der Waals surface area contributed by atoms with Crippen LogP contribution >= 0.6 is 0 Å². The summed E-state index contributed by atoms with van der Waals surface area (Å²) < 4.78 is 36.2. The van der Waals surface area contributed by atoms with Crippen molar-refractivity contribution in [2.45, 2.75) is 11.8 Å². The van der Waals surface area contributed by atoms with Crippen LogP contribution < -0.4 is 28.4 Å². The lowest BCUT2D eigenvalue weighted by atomic mass is 9.71. The molecular formula is C50H30N4O10. The quantitative estimate of drug-likeness (QED) is 0.0992. The molecular weight excluding hydrogens is 817 g/mol. The topological polar surface area (TPSA) is 175 Å². The van der Waals surface area contributed by atoms with Crippen molar-refractivity contribution in [1.82, 2.24) is 19.9 Å². The Hall–Kier alpha value is -9.04. The number of carbonyl (C=O) groups excluding carboxylic acids is 4. The Morgan fingerprint density at radius 1 is 0.344 bits per heavy atom. The van der Waals surface area contributed by atoms with Gasteiger partial charge >= 0.3 is 23.9 Å². The maximum atomic E-state index is 13.1. The second-order valence-electron chi connectivity index (χ2n) is 14.4. The molecule has 10 rings (SSSR count). The number of rotatable bonds is 9. The van der Waals surface area contributed by atoms with Crippen molar-refractivity contribution in [3.05, 3.63) is 215 Å².